The molecule has 1 aromatic rings. The van der Waals surface area contributed by atoms with E-state index in [0.29, 0.717) is 0 Å². The summed E-state index contributed by atoms with van der Waals surface area (Å²) in [6, 6.07) is 6.95. The Hall–Kier alpha value is -0.890. The summed E-state index contributed by atoms with van der Waals surface area (Å²) in [5.74, 6) is 0.916. The van der Waals surface area contributed by atoms with Gasteiger partial charge >= 0.3 is 0 Å². The highest BCUT2D eigenvalue weighted by Crippen LogP contribution is 2.33. The second-order valence-electron chi connectivity index (χ2n) is 4.16. The number of aryl methyl sites for hydroxylation is 1. The van der Waals surface area contributed by atoms with Gasteiger partial charge in [0.2, 0.25) is 0 Å². The molecule has 0 saturated heterocycles. The van der Waals surface area contributed by atoms with Crippen LogP contribution in [0.15, 0.2) is 18.2 Å². The van der Waals surface area contributed by atoms with E-state index in [4.69, 9.17) is 0 Å². The SMILES string of the molecule is CCC1CC1NCc1cccc(C)n1. The van der Waals surface area contributed by atoms with E-state index in [0.717, 1.165) is 29.9 Å². The summed E-state index contributed by atoms with van der Waals surface area (Å²) in [7, 11) is 0. The minimum Gasteiger partial charge on any atom is -0.308 e. The molecule has 0 amide bonds. The first-order chi connectivity index (χ1) is 6.79. The van der Waals surface area contributed by atoms with E-state index in [9.17, 15) is 0 Å². The summed E-state index contributed by atoms with van der Waals surface area (Å²) < 4.78 is 0. The highest BCUT2D eigenvalue weighted by Gasteiger charge is 2.34. The molecule has 1 aliphatic carbocycles. The zero-order valence-electron chi connectivity index (χ0n) is 8.96. The number of hydrogen-bond donors (Lipinski definition) is 1. The lowest BCUT2D eigenvalue weighted by Crippen LogP contribution is -2.18. The Labute approximate surface area is 85.7 Å². The lowest BCUT2D eigenvalue weighted by atomic mass is 10.3. The summed E-state index contributed by atoms with van der Waals surface area (Å²) >= 11 is 0. The number of aromatic nitrogens is 1. The van der Waals surface area contributed by atoms with Gasteiger partial charge in [-0.1, -0.05) is 19.4 Å². The van der Waals surface area contributed by atoms with Crippen molar-refractivity contribution in [3.05, 3.63) is 29.6 Å². The molecule has 1 fully saturated rings. The van der Waals surface area contributed by atoms with Crippen LogP contribution in [0.3, 0.4) is 0 Å². The first-order valence-electron chi connectivity index (χ1n) is 5.45. The molecular weight excluding hydrogens is 172 g/mol. The molecule has 0 aliphatic heterocycles. The third kappa shape index (κ3) is 2.32. The van der Waals surface area contributed by atoms with Crippen molar-refractivity contribution in [2.75, 3.05) is 0 Å². The molecule has 14 heavy (non-hydrogen) atoms. The normalized spacial score (nSPS) is 25.0. The predicted octanol–water partition coefficient (Wildman–Crippen LogP) is 2.28. The molecule has 76 valence electrons. The van der Waals surface area contributed by atoms with Crippen molar-refractivity contribution < 1.29 is 0 Å². The molecule has 1 aromatic heterocycles. The maximum Gasteiger partial charge on any atom is 0.0544 e. The smallest absolute Gasteiger partial charge is 0.0544 e. The van der Waals surface area contributed by atoms with E-state index in [2.05, 4.69) is 29.4 Å². The monoisotopic (exact) mass is 190 g/mol. The largest absolute Gasteiger partial charge is 0.308 e. The quantitative estimate of drug-likeness (QED) is 0.788. The van der Waals surface area contributed by atoms with Crippen molar-refractivity contribution in [3.63, 3.8) is 0 Å². The summed E-state index contributed by atoms with van der Waals surface area (Å²) in [6.07, 6.45) is 2.65. The molecule has 1 N–H and O–H groups in total. The zero-order chi connectivity index (χ0) is 9.97. The van der Waals surface area contributed by atoms with Crippen molar-refractivity contribution >= 4 is 0 Å². The van der Waals surface area contributed by atoms with Crippen LogP contribution in [0.5, 0.6) is 0 Å². The van der Waals surface area contributed by atoms with E-state index >= 15 is 0 Å². The van der Waals surface area contributed by atoms with Gasteiger partial charge in [0.15, 0.2) is 0 Å². The minimum atomic E-state index is 0.752. The van der Waals surface area contributed by atoms with Gasteiger partial charge in [0.25, 0.3) is 0 Å². The Morgan fingerprint density at radius 1 is 1.50 bits per heavy atom. The predicted molar refractivity (Wildman–Crippen MR) is 58.0 cm³/mol. The van der Waals surface area contributed by atoms with Gasteiger partial charge in [-0.15, -0.1) is 0 Å². The number of rotatable bonds is 4. The topological polar surface area (TPSA) is 24.9 Å². The lowest BCUT2D eigenvalue weighted by molar-refractivity contribution is 0.615. The Morgan fingerprint density at radius 2 is 2.36 bits per heavy atom. The summed E-state index contributed by atoms with van der Waals surface area (Å²) in [5, 5.41) is 3.54. The van der Waals surface area contributed by atoms with Crippen LogP contribution >= 0.6 is 0 Å². The average Bonchev–Trinajstić information content (AvgIpc) is 2.93. The van der Waals surface area contributed by atoms with Crippen molar-refractivity contribution in [2.24, 2.45) is 5.92 Å². The van der Waals surface area contributed by atoms with Gasteiger partial charge in [-0.2, -0.15) is 0 Å². The van der Waals surface area contributed by atoms with Gasteiger partial charge < -0.3 is 5.32 Å². The van der Waals surface area contributed by atoms with E-state index in [-0.39, 0.29) is 0 Å². The molecule has 0 radical (unpaired) electrons. The fourth-order valence-corrected chi connectivity index (χ4v) is 1.88. The third-order valence-corrected chi connectivity index (χ3v) is 2.94. The summed E-state index contributed by atoms with van der Waals surface area (Å²) in [6.45, 7) is 5.22. The fraction of sp³-hybridized carbons (Fsp3) is 0.583. The van der Waals surface area contributed by atoms with E-state index < -0.39 is 0 Å². The highest BCUT2D eigenvalue weighted by molar-refractivity contribution is 5.10. The maximum absolute atomic E-state index is 4.46. The van der Waals surface area contributed by atoms with Crippen LogP contribution in [0.2, 0.25) is 0 Å². The molecule has 0 aromatic carbocycles. The average molecular weight is 190 g/mol. The number of pyridine rings is 1. The molecule has 2 nitrogen and oxygen atoms in total. The minimum absolute atomic E-state index is 0.752. The first-order valence-corrected chi connectivity index (χ1v) is 5.45. The molecule has 2 unspecified atom stereocenters. The van der Waals surface area contributed by atoms with Gasteiger partial charge in [0, 0.05) is 18.3 Å². The van der Waals surface area contributed by atoms with Gasteiger partial charge in [-0.05, 0) is 31.4 Å². The molecule has 1 aliphatic rings. The second-order valence-corrected chi connectivity index (χ2v) is 4.16. The molecule has 0 bridgehead atoms. The molecule has 2 rings (SSSR count). The first kappa shape index (κ1) is 9.66. The van der Waals surface area contributed by atoms with Crippen LogP contribution in [0.25, 0.3) is 0 Å². The van der Waals surface area contributed by atoms with E-state index in [1.54, 1.807) is 0 Å². The highest BCUT2D eigenvalue weighted by atomic mass is 15.0. The molecule has 2 atom stereocenters. The standard InChI is InChI=1S/C12H18N2/c1-3-10-7-12(10)13-8-11-6-4-5-9(2)14-11/h4-6,10,12-13H,3,7-8H2,1-2H3. The van der Waals surface area contributed by atoms with Crippen molar-refractivity contribution in [1.82, 2.24) is 10.3 Å². The molecule has 2 heteroatoms. The maximum atomic E-state index is 4.46. The Kier molecular flexibility index (Phi) is 2.82. The van der Waals surface area contributed by atoms with Crippen molar-refractivity contribution in [1.29, 1.82) is 0 Å². The van der Waals surface area contributed by atoms with Crippen molar-refractivity contribution in [3.8, 4) is 0 Å². The van der Waals surface area contributed by atoms with Gasteiger partial charge in [-0.25, -0.2) is 0 Å². The number of hydrogen-bond acceptors (Lipinski definition) is 2. The van der Waals surface area contributed by atoms with E-state index in [1.807, 2.05) is 13.0 Å². The van der Waals surface area contributed by atoms with Crippen LogP contribution in [0.4, 0.5) is 0 Å². The lowest BCUT2D eigenvalue weighted by Gasteiger charge is -2.03. The van der Waals surface area contributed by atoms with Crippen LogP contribution in [-0.2, 0) is 6.54 Å². The molecule has 1 saturated carbocycles. The fourth-order valence-electron chi connectivity index (χ4n) is 1.88. The van der Waals surface area contributed by atoms with Crippen LogP contribution < -0.4 is 5.32 Å². The number of nitrogens with one attached hydrogen (secondary N) is 1. The zero-order valence-corrected chi connectivity index (χ0v) is 8.96. The third-order valence-electron chi connectivity index (χ3n) is 2.94. The molecular formula is C12H18N2. The Morgan fingerprint density at radius 3 is 3.00 bits per heavy atom. The van der Waals surface area contributed by atoms with Crippen LogP contribution in [0, 0.1) is 12.8 Å². The van der Waals surface area contributed by atoms with Crippen LogP contribution in [0.1, 0.15) is 31.2 Å². The van der Waals surface area contributed by atoms with Gasteiger partial charge in [0.05, 0.1) is 5.69 Å². The van der Waals surface area contributed by atoms with Gasteiger partial charge in [0.1, 0.15) is 0 Å². The van der Waals surface area contributed by atoms with Crippen LogP contribution in [-0.4, -0.2) is 11.0 Å². The summed E-state index contributed by atoms with van der Waals surface area (Å²) in [5.41, 5.74) is 2.26. The Balaban J connectivity index is 1.81. The van der Waals surface area contributed by atoms with Gasteiger partial charge in [-0.3, -0.25) is 4.98 Å². The van der Waals surface area contributed by atoms with E-state index in [1.165, 1.54) is 12.8 Å². The second kappa shape index (κ2) is 4.09. The summed E-state index contributed by atoms with van der Waals surface area (Å²) in [4.78, 5) is 4.46. The Bertz CT molecular complexity index is 309. The molecule has 1 heterocycles. The molecule has 0 spiro atoms. The number of nitrogens with zero attached hydrogens (tertiary/aromatic N) is 1. The van der Waals surface area contributed by atoms with Crippen molar-refractivity contribution in [2.45, 2.75) is 39.3 Å².